The summed E-state index contributed by atoms with van der Waals surface area (Å²) in [6.45, 7) is 20.1. The normalized spacial score (nSPS) is 10.6. The molecule has 0 aliphatic carbocycles. The molecule has 0 unspecified atom stereocenters. The van der Waals surface area contributed by atoms with E-state index < -0.39 is 17.7 Å². The van der Waals surface area contributed by atoms with E-state index in [1.54, 1.807) is 32.9 Å². The van der Waals surface area contributed by atoms with Crippen molar-refractivity contribution in [2.45, 2.75) is 138 Å². The van der Waals surface area contributed by atoms with Crippen LogP contribution >= 0.6 is 0 Å². The number of carbonyl (C=O) groups is 3. The van der Waals surface area contributed by atoms with Gasteiger partial charge in [0.15, 0.2) is 0 Å². The van der Waals surface area contributed by atoms with Gasteiger partial charge in [-0.05, 0) is 101 Å². The molecule has 0 radical (unpaired) electrons. The Balaban J connectivity index is 0.00000108. The molecule has 0 spiro atoms. The molecule has 0 atom stereocenters. The number of hydrogen-bond donors (Lipinski definition) is 1. The highest BCUT2D eigenvalue weighted by Gasteiger charge is 2.23. The maximum absolute atomic E-state index is 12.4. The van der Waals surface area contributed by atoms with Gasteiger partial charge in [-0.2, -0.15) is 0 Å². The van der Waals surface area contributed by atoms with Crippen molar-refractivity contribution in [3.05, 3.63) is 71.8 Å². The third-order valence-electron chi connectivity index (χ3n) is 7.59. The van der Waals surface area contributed by atoms with E-state index in [-0.39, 0.29) is 12.6 Å². The zero-order valence-corrected chi connectivity index (χ0v) is 31.6. The zero-order chi connectivity index (χ0) is 37.1. The number of carbonyl (C=O) groups excluding carboxylic acids is 2. The van der Waals surface area contributed by atoms with E-state index in [9.17, 15) is 14.4 Å². The first kappa shape index (κ1) is 45.2. The highest BCUT2D eigenvalue weighted by atomic mass is 16.7. The van der Waals surface area contributed by atoms with Gasteiger partial charge in [-0.1, -0.05) is 98.3 Å². The summed E-state index contributed by atoms with van der Waals surface area (Å²) in [6.07, 6.45) is 11.9. The minimum Gasteiger partial charge on any atom is -0.494 e. The predicted octanol–water partition coefficient (Wildman–Crippen LogP) is 11.4. The van der Waals surface area contributed by atoms with Crippen LogP contribution in [-0.4, -0.2) is 42.0 Å². The van der Waals surface area contributed by atoms with E-state index in [1.165, 1.54) is 56.9 Å². The Morgan fingerprint density at radius 2 is 1.37 bits per heavy atom. The van der Waals surface area contributed by atoms with E-state index in [0.29, 0.717) is 36.3 Å². The van der Waals surface area contributed by atoms with Crippen molar-refractivity contribution in [1.82, 2.24) is 0 Å². The van der Waals surface area contributed by atoms with Crippen LogP contribution in [0.25, 0.3) is 0 Å². The monoisotopic (exact) mass is 684 g/mol. The SMILES string of the molecule is C=C(C)C(=O)OC(C)(C)CCCOC(=O)O.CC.CCCCCCOc1ccc(C(=O)Oc2ccc(CCC(CCC)CCC)cc2)cc1. The van der Waals surface area contributed by atoms with Gasteiger partial charge in [-0.25, -0.2) is 14.4 Å². The molecule has 0 aliphatic heterocycles. The van der Waals surface area contributed by atoms with Gasteiger partial charge in [0.25, 0.3) is 0 Å². The first-order chi connectivity index (χ1) is 23.4. The topological polar surface area (TPSA) is 108 Å². The van der Waals surface area contributed by atoms with Crippen molar-refractivity contribution in [2.24, 2.45) is 5.92 Å². The second-order valence-corrected chi connectivity index (χ2v) is 12.6. The lowest BCUT2D eigenvalue weighted by atomic mass is 9.91. The number of unbranched alkanes of at least 4 members (excludes halogenated alkanes) is 3. The average Bonchev–Trinajstić information content (AvgIpc) is 3.07. The number of carboxylic acid groups (broad SMARTS) is 1. The molecule has 2 aromatic rings. The molecule has 0 bridgehead atoms. The summed E-state index contributed by atoms with van der Waals surface area (Å²) in [4.78, 5) is 33.8. The highest BCUT2D eigenvalue weighted by molar-refractivity contribution is 5.91. The van der Waals surface area contributed by atoms with Gasteiger partial charge in [0.2, 0.25) is 0 Å². The van der Waals surface area contributed by atoms with Gasteiger partial charge < -0.3 is 24.1 Å². The number of benzene rings is 2. The molecule has 0 aromatic heterocycles. The Labute approximate surface area is 296 Å². The first-order valence-electron chi connectivity index (χ1n) is 18.2. The van der Waals surface area contributed by atoms with Crippen LogP contribution in [-0.2, 0) is 20.7 Å². The van der Waals surface area contributed by atoms with Crippen molar-refractivity contribution >= 4 is 18.1 Å². The Morgan fingerprint density at radius 1 is 0.776 bits per heavy atom. The standard InChI is InChI=1S/C28H40O3.C11H18O5.C2H6/c1-4-7-8-9-22-30-26-20-16-25(17-21-26)28(29)31-27-18-14-24(15-19-27)13-12-23(10-5-2)11-6-3;1-8(2)9(12)16-11(3,4)6-5-7-15-10(13)14;1-2/h14-21,23H,4-13,22H2,1-3H3;1,5-7H2,2-4H3,(H,13,14);1-2H3. The van der Waals surface area contributed by atoms with E-state index in [1.807, 2.05) is 38.1 Å². The Hall–Kier alpha value is -3.81. The van der Waals surface area contributed by atoms with Crippen LogP contribution in [0.4, 0.5) is 4.79 Å². The number of rotatable bonds is 21. The van der Waals surface area contributed by atoms with E-state index in [0.717, 1.165) is 24.5 Å². The predicted molar refractivity (Wildman–Crippen MR) is 199 cm³/mol. The summed E-state index contributed by atoms with van der Waals surface area (Å²) in [7, 11) is 0. The lowest BCUT2D eigenvalue weighted by Gasteiger charge is -2.25. The molecule has 2 rings (SSSR count). The average molecular weight is 685 g/mol. The van der Waals surface area contributed by atoms with Gasteiger partial charge in [0.1, 0.15) is 17.1 Å². The summed E-state index contributed by atoms with van der Waals surface area (Å²) < 4.78 is 20.8. The molecule has 276 valence electrons. The third kappa shape index (κ3) is 22.5. The third-order valence-corrected chi connectivity index (χ3v) is 7.59. The molecule has 1 N–H and O–H groups in total. The van der Waals surface area contributed by atoms with Crippen LogP contribution in [0.15, 0.2) is 60.7 Å². The molecule has 0 saturated heterocycles. The minimum absolute atomic E-state index is 0.101. The molecule has 0 heterocycles. The lowest BCUT2D eigenvalue weighted by Crippen LogP contribution is -2.28. The zero-order valence-electron chi connectivity index (χ0n) is 31.6. The molecule has 0 aliphatic rings. The minimum atomic E-state index is -1.29. The van der Waals surface area contributed by atoms with Gasteiger partial charge in [-0.15, -0.1) is 0 Å². The first-order valence-corrected chi connectivity index (χ1v) is 18.2. The summed E-state index contributed by atoms with van der Waals surface area (Å²) >= 11 is 0. The highest BCUT2D eigenvalue weighted by Crippen LogP contribution is 2.22. The summed E-state index contributed by atoms with van der Waals surface area (Å²) in [5, 5.41) is 8.24. The van der Waals surface area contributed by atoms with Crippen LogP contribution in [0.5, 0.6) is 11.5 Å². The molecule has 8 heteroatoms. The second-order valence-electron chi connectivity index (χ2n) is 12.6. The van der Waals surface area contributed by atoms with Crippen molar-refractivity contribution < 1.29 is 38.4 Å². The fourth-order valence-electron chi connectivity index (χ4n) is 4.96. The van der Waals surface area contributed by atoms with Crippen LogP contribution in [0, 0.1) is 5.92 Å². The van der Waals surface area contributed by atoms with E-state index >= 15 is 0 Å². The molecule has 0 amide bonds. The van der Waals surface area contributed by atoms with Gasteiger partial charge >= 0.3 is 18.1 Å². The van der Waals surface area contributed by atoms with Gasteiger partial charge in [-0.3, -0.25) is 0 Å². The van der Waals surface area contributed by atoms with Gasteiger partial charge in [0, 0.05) is 5.57 Å². The number of hydrogen-bond acceptors (Lipinski definition) is 7. The van der Waals surface area contributed by atoms with Crippen LogP contribution in [0.2, 0.25) is 0 Å². The van der Waals surface area contributed by atoms with Crippen molar-refractivity contribution in [3.63, 3.8) is 0 Å². The lowest BCUT2D eigenvalue weighted by molar-refractivity contribution is -0.152. The van der Waals surface area contributed by atoms with Crippen molar-refractivity contribution in [1.29, 1.82) is 0 Å². The van der Waals surface area contributed by atoms with E-state index in [4.69, 9.17) is 19.3 Å². The number of esters is 2. The maximum atomic E-state index is 12.4. The molecular formula is C41H64O8. The molecule has 8 nitrogen and oxygen atoms in total. The fourth-order valence-corrected chi connectivity index (χ4v) is 4.96. The van der Waals surface area contributed by atoms with E-state index in [2.05, 4.69) is 44.2 Å². The summed E-state index contributed by atoms with van der Waals surface area (Å²) in [5.74, 6) is 1.42. The van der Waals surface area contributed by atoms with Crippen molar-refractivity contribution in [2.75, 3.05) is 13.2 Å². The molecule has 0 saturated carbocycles. The smallest absolute Gasteiger partial charge is 0.494 e. The second kappa shape index (κ2) is 27.1. The number of ether oxygens (including phenoxy) is 4. The molecule has 0 fully saturated rings. The maximum Gasteiger partial charge on any atom is 0.505 e. The number of aryl methyl sites for hydroxylation is 1. The summed E-state index contributed by atoms with van der Waals surface area (Å²) in [6, 6.07) is 15.1. The van der Waals surface area contributed by atoms with Crippen LogP contribution in [0.1, 0.15) is 142 Å². The Bertz CT molecular complexity index is 1180. The van der Waals surface area contributed by atoms with Crippen LogP contribution in [0.3, 0.4) is 0 Å². The largest absolute Gasteiger partial charge is 0.505 e. The molecule has 2 aromatic carbocycles. The quantitative estimate of drug-likeness (QED) is 0.0599. The van der Waals surface area contributed by atoms with Gasteiger partial charge in [0.05, 0.1) is 18.8 Å². The van der Waals surface area contributed by atoms with Crippen LogP contribution < -0.4 is 9.47 Å². The van der Waals surface area contributed by atoms with Crippen molar-refractivity contribution in [3.8, 4) is 11.5 Å². The Morgan fingerprint density at radius 3 is 1.90 bits per heavy atom. The molecular weight excluding hydrogens is 620 g/mol. The Kier molecular flexibility index (Phi) is 25.0. The molecule has 49 heavy (non-hydrogen) atoms. The fraction of sp³-hybridized carbons (Fsp3) is 0.585. The summed E-state index contributed by atoms with van der Waals surface area (Å²) in [5.41, 5.74) is 1.54.